The molecule has 0 aliphatic carbocycles. The Labute approximate surface area is 129 Å². The Hall–Kier alpha value is -0.220. The molecule has 1 heterocycles. The van der Waals surface area contributed by atoms with Crippen LogP contribution in [-0.2, 0) is 12.4 Å². The summed E-state index contributed by atoms with van der Waals surface area (Å²) in [4.78, 5) is 2.18. The zero-order valence-corrected chi connectivity index (χ0v) is 13.7. The third kappa shape index (κ3) is 3.41. The van der Waals surface area contributed by atoms with E-state index in [-0.39, 0.29) is 0 Å². The second-order valence-electron chi connectivity index (χ2n) is 4.02. The minimum atomic E-state index is 0.466. The summed E-state index contributed by atoms with van der Waals surface area (Å²) in [7, 11) is 2.06. The van der Waals surface area contributed by atoms with Gasteiger partial charge in [0.15, 0.2) is 0 Å². The molecule has 0 spiro atoms. The van der Waals surface area contributed by atoms with Crippen LogP contribution in [0.3, 0.4) is 0 Å². The van der Waals surface area contributed by atoms with Gasteiger partial charge in [0.2, 0.25) is 0 Å². The van der Waals surface area contributed by atoms with Gasteiger partial charge in [-0.15, -0.1) is 22.9 Å². The fourth-order valence-electron chi connectivity index (χ4n) is 1.82. The van der Waals surface area contributed by atoms with E-state index >= 15 is 0 Å². The summed E-state index contributed by atoms with van der Waals surface area (Å²) < 4.78 is 1.15. The summed E-state index contributed by atoms with van der Waals surface area (Å²) >= 11 is 17.1. The van der Waals surface area contributed by atoms with Crippen molar-refractivity contribution < 1.29 is 0 Å². The van der Waals surface area contributed by atoms with Gasteiger partial charge in [-0.1, -0.05) is 11.6 Å². The van der Waals surface area contributed by atoms with Crippen LogP contribution in [0.2, 0.25) is 5.02 Å². The lowest BCUT2D eigenvalue weighted by Crippen LogP contribution is -2.17. The lowest BCUT2D eigenvalue weighted by atomic mass is 10.1. The first-order chi connectivity index (χ1) is 8.60. The quantitative estimate of drug-likeness (QED) is 0.644. The molecule has 0 atom stereocenters. The molecule has 0 radical (unpaired) electrons. The maximum atomic E-state index is 5.98. The van der Waals surface area contributed by atoms with Crippen LogP contribution in [0.15, 0.2) is 33.4 Å². The SMILES string of the molecule is CN(Cc1csc(Br)c1)c1ccc(Cl)cc1CCl. The maximum absolute atomic E-state index is 5.98. The van der Waals surface area contributed by atoms with Crippen molar-refractivity contribution in [1.29, 1.82) is 0 Å². The predicted molar refractivity (Wildman–Crippen MR) is 85.1 cm³/mol. The smallest absolute Gasteiger partial charge is 0.0701 e. The Morgan fingerprint density at radius 2 is 2.11 bits per heavy atom. The third-order valence-corrected chi connectivity index (χ3v) is 4.71. The number of benzene rings is 1. The summed E-state index contributed by atoms with van der Waals surface area (Å²) in [6, 6.07) is 7.97. The third-order valence-electron chi connectivity index (χ3n) is 2.64. The Kier molecular flexibility index (Phi) is 4.96. The fraction of sp³-hybridized carbons (Fsp3) is 0.231. The first-order valence-corrected chi connectivity index (χ1v) is 7.97. The second kappa shape index (κ2) is 6.29. The van der Waals surface area contributed by atoms with E-state index in [0.717, 1.165) is 26.6 Å². The van der Waals surface area contributed by atoms with E-state index < -0.39 is 0 Å². The summed E-state index contributed by atoms with van der Waals surface area (Å²) in [5.41, 5.74) is 3.46. The van der Waals surface area contributed by atoms with Crippen LogP contribution in [0.25, 0.3) is 0 Å². The average molecular weight is 365 g/mol. The number of rotatable bonds is 4. The van der Waals surface area contributed by atoms with Crippen molar-refractivity contribution in [1.82, 2.24) is 0 Å². The standard InChI is InChI=1S/C13H12BrCl2NS/c1-17(7-9-4-13(14)18-8-9)12-3-2-11(16)5-10(12)6-15/h2-5,8H,6-7H2,1H3. The molecule has 96 valence electrons. The van der Waals surface area contributed by atoms with E-state index in [9.17, 15) is 0 Å². The van der Waals surface area contributed by atoms with Crippen molar-refractivity contribution >= 4 is 56.2 Å². The molecule has 0 bridgehead atoms. The summed E-state index contributed by atoms with van der Waals surface area (Å²) in [5.74, 6) is 0.466. The molecule has 0 unspecified atom stereocenters. The highest BCUT2D eigenvalue weighted by Gasteiger charge is 2.09. The number of halogens is 3. The number of alkyl halides is 1. The molecule has 1 aromatic carbocycles. The van der Waals surface area contributed by atoms with Crippen molar-refractivity contribution in [2.24, 2.45) is 0 Å². The van der Waals surface area contributed by atoms with Gasteiger partial charge in [-0.3, -0.25) is 0 Å². The number of thiophene rings is 1. The molecular formula is C13H12BrCl2NS. The van der Waals surface area contributed by atoms with Gasteiger partial charge in [0.25, 0.3) is 0 Å². The molecule has 2 aromatic rings. The van der Waals surface area contributed by atoms with E-state index in [4.69, 9.17) is 23.2 Å². The Morgan fingerprint density at radius 3 is 2.72 bits per heavy atom. The summed E-state index contributed by atoms with van der Waals surface area (Å²) in [6.07, 6.45) is 0. The van der Waals surface area contributed by atoms with Crippen molar-refractivity contribution in [3.63, 3.8) is 0 Å². The van der Waals surface area contributed by atoms with E-state index in [1.54, 1.807) is 11.3 Å². The molecule has 1 aromatic heterocycles. The Bertz CT molecular complexity index is 542. The van der Waals surface area contributed by atoms with Crippen molar-refractivity contribution in [2.75, 3.05) is 11.9 Å². The van der Waals surface area contributed by atoms with Gasteiger partial charge in [-0.25, -0.2) is 0 Å². The lowest BCUT2D eigenvalue weighted by Gasteiger charge is -2.21. The van der Waals surface area contributed by atoms with Crippen LogP contribution in [-0.4, -0.2) is 7.05 Å². The van der Waals surface area contributed by atoms with Gasteiger partial charge in [0, 0.05) is 30.2 Å². The molecular weight excluding hydrogens is 353 g/mol. The van der Waals surface area contributed by atoms with E-state index in [2.05, 4.69) is 39.3 Å². The number of hydrogen-bond acceptors (Lipinski definition) is 2. The van der Waals surface area contributed by atoms with Crippen LogP contribution < -0.4 is 4.90 Å². The van der Waals surface area contributed by atoms with E-state index in [1.165, 1.54) is 5.56 Å². The monoisotopic (exact) mass is 363 g/mol. The summed E-state index contributed by atoms with van der Waals surface area (Å²) in [6.45, 7) is 0.855. The van der Waals surface area contributed by atoms with Gasteiger partial charge < -0.3 is 4.90 Å². The predicted octanol–water partition coefficient (Wildman–Crippen LogP) is 5.54. The molecule has 0 aliphatic rings. The molecule has 5 heteroatoms. The largest absolute Gasteiger partial charge is 0.370 e. The molecule has 18 heavy (non-hydrogen) atoms. The molecule has 1 nitrogen and oxygen atoms in total. The van der Waals surface area contributed by atoms with Crippen molar-refractivity contribution in [2.45, 2.75) is 12.4 Å². The zero-order chi connectivity index (χ0) is 13.1. The zero-order valence-electron chi connectivity index (χ0n) is 9.79. The first-order valence-electron chi connectivity index (χ1n) is 5.38. The van der Waals surface area contributed by atoms with Crippen LogP contribution in [0.4, 0.5) is 5.69 Å². The van der Waals surface area contributed by atoms with Crippen LogP contribution in [0, 0.1) is 0 Å². The number of hydrogen-bond donors (Lipinski definition) is 0. The van der Waals surface area contributed by atoms with Crippen LogP contribution in [0.5, 0.6) is 0 Å². The first kappa shape index (κ1) is 14.2. The average Bonchev–Trinajstić information content (AvgIpc) is 2.74. The van der Waals surface area contributed by atoms with E-state index in [0.29, 0.717) is 5.88 Å². The van der Waals surface area contributed by atoms with Gasteiger partial charge in [0.05, 0.1) is 3.79 Å². The normalized spacial score (nSPS) is 10.7. The Balaban J connectivity index is 2.20. The van der Waals surface area contributed by atoms with Crippen LogP contribution >= 0.6 is 50.5 Å². The highest BCUT2D eigenvalue weighted by molar-refractivity contribution is 9.11. The molecule has 0 amide bonds. The molecule has 0 fully saturated rings. The molecule has 0 saturated carbocycles. The highest BCUT2D eigenvalue weighted by atomic mass is 79.9. The minimum absolute atomic E-state index is 0.466. The van der Waals surface area contributed by atoms with Crippen LogP contribution in [0.1, 0.15) is 11.1 Å². The summed E-state index contributed by atoms with van der Waals surface area (Å²) in [5, 5.41) is 2.87. The van der Waals surface area contributed by atoms with Gasteiger partial charge in [-0.2, -0.15) is 0 Å². The molecule has 2 rings (SSSR count). The van der Waals surface area contributed by atoms with Gasteiger partial charge in [0.1, 0.15) is 0 Å². The number of nitrogens with zero attached hydrogens (tertiary/aromatic N) is 1. The lowest BCUT2D eigenvalue weighted by molar-refractivity contribution is 0.920. The highest BCUT2D eigenvalue weighted by Crippen LogP contribution is 2.28. The van der Waals surface area contributed by atoms with Crippen molar-refractivity contribution in [3.8, 4) is 0 Å². The topological polar surface area (TPSA) is 3.24 Å². The second-order valence-corrected chi connectivity index (χ2v) is 7.02. The molecule has 0 saturated heterocycles. The van der Waals surface area contributed by atoms with Gasteiger partial charge in [-0.05, 0) is 56.7 Å². The van der Waals surface area contributed by atoms with Gasteiger partial charge >= 0.3 is 0 Å². The minimum Gasteiger partial charge on any atom is -0.370 e. The molecule has 0 N–H and O–H groups in total. The van der Waals surface area contributed by atoms with Crippen molar-refractivity contribution in [3.05, 3.63) is 49.6 Å². The Morgan fingerprint density at radius 1 is 1.33 bits per heavy atom. The molecule has 0 aliphatic heterocycles. The number of anilines is 1. The fourth-order valence-corrected chi connectivity index (χ4v) is 3.43. The van der Waals surface area contributed by atoms with E-state index in [1.807, 2.05) is 18.2 Å². The maximum Gasteiger partial charge on any atom is 0.0701 e.